The summed E-state index contributed by atoms with van der Waals surface area (Å²) in [6, 6.07) is 0. The predicted octanol–water partition coefficient (Wildman–Crippen LogP) is -2.01. The van der Waals surface area contributed by atoms with Crippen LogP contribution in [0.25, 0.3) is 0 Å². The van der Waals surface area contributed by atoms with Gasteiger partial charge in [-0.2, -0.15) is 0 Å². The van der Waals surface area contributed by atoms with Gasteiger partial charge in [-0.15, -0.1) is 12.4 Å². The lowest BCUT2D eigenvalue weighted by atomic mass is 15.8. The molecule has 0 saturated carbocycles. The zero-order valence-corrected chi connectivity index (χ0v) is 7.63. The molecule has 0 amide bonds. The van der Waals surface area contributed by atoms with Crippen LogP contribution >= 0.6 is 12.4 Å². The van der Waals surface area contributed by atoms with Gasteiger partial charge < -0.3 is 4.12 Å². The molecule has 0 aromatic carbocycles. The second kappa shape index (κ2) is 9.36. The Labute approximate surface area is 38.2 Å². The van der Waals surface area contributed by atoms with Crippen LogP contribution in [-0.4, -0.2) is 21.0 Å². The third-order valence-electron chi connectivity index (χ3n) is 0. The number of rotatable bonds is 0. The smallest absolute Gasteiger partial charge is 0.129 e. The van der Waals surface area contributed by atoms with Crippen molar-refractivity contribution in [2.24, 2.45) is 0 Å². The van der Waals surface area contributed by atoms with Crippen molar-refractivity contribution in [2.75, 3.05) is 0 Å². The van der Waals surface area contributed by atoms with Gasteiger partial charge in [0, 0.05) is 0 Å². The molecule has 0 unspecified atom stereocenters. The van der Waals surface area contributed by atoms with Crippen LogP contribution < -0.4 is 0 Å². The Kier molecular flexibility index (Phi) is 20.6. The van der Waals surface area contributed by atoms with Crippen molar-refractivity contribution in [1.82, 2.24) is 0 Å². The van der Waals surface area contributed by atoms with E-state index in [4.69, 9.17) is 0 Å². The van der Waals surface area contributed by atoms with Crippen LogP contribution in [0.2, 0.25) is 0 Å². The van der Waals surface area contributed by atoms with Gasteiger partial charge in [-0.25, -0.2) is 0 Å². The van der Waals surface area contributed by atoms with E-state index in [-0.39, 0.29) is 12.4 Å². The third kappa shape index (κ3) is 16.3. The van der Waals surface area contributed by atoms with Crippen molar-refractivity contribution >= 4 is 33.4 Å². The van der Waals surface area contributed by atoms with E-state index in [0.717, 1.165) is 21.0 Å². The average molecular weight is 115 g/mol. The highest BCUT2D eigenvalue weighted by Gasteiger charge is 1.28. The summed E-state index contributed by atoms with van der Waals surface area (Å²) in [5.74, 6) is 0. The molecular formula is H7ClOSi2. The molecule has 0 aliphatic heterocycles. The van der Waals surface area contributed by atoms with E-state index in [1.807, 2.05) is 0 Å². The summed E-state index contributed by atoms with van der Waals surface area (Å²) >= 11 is 0. The summed E-state index contributed by atoms with van der Waals surface area (Å²) in [4.78, 5) is 0. The summed E-state index contributed by atoms with van der Waals surface area (Å²) in [7, 11) is 1.86. The molecule has 0 aliphatic rings. The molecule has 1 nitrogen and oxygen atoms in total. The van der Waals surface area contributed by atoms with Gasteiger partial charge in [0.05, 0.1) is 0 Å². The SMILES string of the molecule is Cl.[SiH3]O[SiH3]. The Morgan fingerprint density at radius 1 is 1.25 bits per heavy atom. The molecule has 0 heterocycles. The lowest BCUT2D eigenvalue weighted by molar-refractivity contribution is 0.690. The van der Waals surface area contributed by atoms with E-state index in [0.29, 0.717) is 0 Å². The van der Waals surface area contributed by atoms with Crippen LogP contribution in [-0.2, 0) is 4.12 Å². The van der Waals surface area contributed by atoms with Crippen LogP contribution in [0.3, 0.4) is 0 Å². The largest absolute Gasteiger partial charge is 0.471 e. The van der Waals surface area contributed by atoms with E-state index in [2.05, 4.69) is 4.12 Å². The van der Waals surface area contributed by atoms with Crippen LogP contribution in [0.5, 0.6) is 0 Å². The Hall–Kier alpha value is 0.684. The zero-order valence-electron chi connectivity index (χ0n) is 2.82. The molecule has 28 valence electrons. The second-order valence-corrected chi connectivity index (χ2v) is 3.67. The number of halogens is 1. The van der Waals surface area contributed by atoms with Crippen molar-refractivity contribution in [3.63, 3.8) is 0 Å². The molecule has 0 radical (unpaired) electrons. The molecule has 0 rings (SSSR count). The van der Waals surface area contributed by atoms with Gasteiger partial charge >= 0.3 is 0 Å². The molecule has 0 N–H and O–H groups in total. The highest BCUT2D eigenvalue weighted by Crippen LogP contribution is 1.20. The first kappa shape index (κ1) is 8.82. The summed E-state index contributed by atoms with van der Waals surface area (Å²) < 4.78 is 4.53. The van der Waals surface area contributed by atoms with Crippen molar-refractivity contribution in [3.05, 3.63) is 0 Å². The van der Waals surface area contributed by atoms with E-state index >= 15 is 0 Å². The topological polar surface area (TPSA) is 9.23 Å². The Morgan fingerprint density at radius 2 is 1.25 bits per heavy atom. The van der Waals surface area contributed by atoms with Crippen LogP contribution in [0.15, 0.2) is 0 Å². The highest BCUT2D eigenvalue weighted by atomic mass is 35.5. The molecule has 0 fully saturated rings. The quantitative estimate of drug-likeness (QED) is 0.331. The summed E-state index contributed by atoms with van der Waals surface area (Å²) in [5.41, 5.74) is 0. The lowest BCUT2D eigenvalue weighted by Crippen LogP contribution is -1.65. The summed E-state index contributed by atoms with van der Waals surface area (Å²) in [6.07, 6.45) is 0. The molecule has 0 aromatic rings. The zero-order chi connectivity index (χ0) is 2.71. The standard InChI is InChI=1S/ClH.H6OSi2/c;2-1-3/h1H;2-3H3. The van der Waals surface area contributed by atoms with Gasteiger partial charge in [0.25, 0.3) is 0 Å². The third-order valence-corrected chi connectivity index (χ3v) is 0. The predicted molar refractivity (Wildman–Crippen MR) is 28.2 cm³/mol. The number of hydrogen-bond donors (Lipinski definition) is 0. The van der Waals surface area contributed by atoms with Crippen molar-refractivity contribution in [1.29, 1.82) is 0 Å². The fraction of sp³-hybridized carbons (Fsp3) is 0. The fourth-order valence-corrected chi connectivity index (χ4v) is 0. The molecule has 0 spiro atoms. The number of hydrogen-bond acceptors (Lipinski definition) is 1. The van der Waals surface area contributed by atoms with Gasteiger partial charge in [-0.1, -0.05) is 0 Å². The van der Waals surface area contributed by atoms with Crippen molar-refractivity contribution < 1.29 is 4.12 Å². The first-order valence-corrected chi connectivity index (χ1v) is 2.45. The summed E-state index contributed by atoms with van der Waals surface area (Å²) in [6.45, 7) is 0. The van der Waals surface area contributed by atoms with E-state index in [1.165, 1.54) is 0 Å². The molecule has 4 heavy (non-hydrogen) atoms. The summed E-state index contributed by atoms with van der Waals surface area (Å²) in [5, 5.41) is 0. The first-order chi connectivity index (χ1) is 1.41. The lowest BCUT2D eigenvalue weighted by Gasteiger charge is -1.62. The first-order valence-electron chi connectivity index (χ1n) is 0.816. The van der Waals surface area contributed by atoms with Gasteiger partial charge in [0.15, 0.2) is 0 Å². The second-order valence-electron chi connectivity index (χ2n) is 0.408. The average Bonchev–Trinajstić information content (AvgIpc) is 0.918. The van der Waals surface area contributed by atoms with Gasteiger partial charge in [-0.05, 0) is 0 Å². The molecule has 0 atom stereocenters. The van der Waals surface area contributed by atoms with Crippen LogP contribution in [0, 0.1) is 0 Å². The van der Waals surface area contributed by atoms with E-state index in [9.17, 15) is 0 Å². The fourth-order valence-electron chi connectivity index (χ4n) is 0. The van der Waals surface area contributed by atoms with Gasteiger partial charge in [0.1, 0.15) is 21.0 Å². The Morgan fingerprint density at radius 3 is 1.25 bits per heavy atom. The minimum Gasteiger partial charge on any atom is -0.471 e. The van der Waals surface area contributed by atoms with E-state index in [1.54, 1.807) is 0 Å². The van der Waals surface area contributed by atoms with Crippen molar-refractivity contribution in [2.45, 2.75) is 0 Å². The van der Waals surface area contributed by atoms with Crippen molar-refractivity contribution in [3.8, 4) is 0 Å². The molecule has 0 aromatic heterocycles. The molecule has 0 bridgehead atoms. The van der Waals surface area contributed by atoms with Crippen LogP contribution in [0.4, 0.5) is 0 Å². The highest BCUT2D eigenvalue weighted by molar-refractivity contribution is 6.15. The van der Waals surface area contributed by atoms with Gasteiger partial charge in [-0.3, -0.25) is 0 Å². The maximum atomic E-state index is 4.53. The minimum absolute atomic E-state index is 0. The monoisotopic (exact) mass is 114 g/mol. The Balaban J connectivity index is 0. The maximum absolute atomic E-state index is 4.53. The maximum Gasteiger partial charge on any atom is 0.129 e. The molecule has 0 aliphatic carbocycles. The Bertz CT molecular complexity index is 6.00. The normalized spacial score (nSPS) is 6.00. The molecule has 4 heteroatoms. The minimum atomic E-state index is 0. The van der Waals surface area contributed by atoms with Crippen LogP contribution in [0.1, 0.15) is 0 Å². The molecular weight excluding hydrogens is 108 g/mol. The van der Waals surface area contributed by atoms with Gasteiger partial charge in [0.2, 0.25) is 0 Å². The van der Waals surface area contributed by atoms with E-state index < -0.39 is 0 Å². The molecule has 0 saturated heterocycles.